The highest BCUT2D eigenvalue weighted by Gasteiger charge is 2.10. The number of ether oxygens (including phenoxy) is 1. The maximum absolute atomic E-state index is 12.3. The molecule has 20 heavy (non-hydrogen) atoms. The molecule has 2 rings (SSSR count). The van der Waals surface area contributed by atoms with Crippen molar-refractivity contribution in [2.75, 3.05) is 0 Å². The topological polar surface area (TPSA) is 91.5 Å². The van der Waals surface area contributed by atoms with Crippen LogP contribution in [0.2, 0.25) is 0 Å². The lowest BCUT2D eigenvalue weighted by Gasteiger charge is -2.04. The summed E-state index contributed by atoms with van der Waals surface area (Å²) in [7, 11) is -5.02. The fraction of sp³-hybridized carbons (Fsp3) is 0.273. The molecule has 0 spiro atoms. The standard InChI is InChI=1S/C11H11FN2O5S/c1-2-10-13-11(18-14-10)7-17-8-3-5-9(6-4-8)19-20(12,15)16/h3-6H,2,7H2,1H3. The van der Waals surface area contributed by atoms with Gasteiger partial charge in [0.25, 0.3) is 5.89 Å². The molecule has 1 heterocycles. The Morgan fingerprint density at radius 2 is 1.90 bits per heavy atom. The van der Waals surface area contributed by atoms with Crippen molar-refractivity contribution in [2.45, 2.75) is 20.0 Å². The number of hydrogen-bond donors (Lipinski definition) is 0. The number of rotatable bonds is 6. The monoisotopic (exact) mass is 302 g/mol. The normalized spacial score (nSPS) is 11.3. The predicted molar refractivity (Wildman–Crippen MR) is 65.1 cm³/mol. The third-order valence-corrected chi connectivity index (χ3v) is 2.60. The lowest BCUT2D eigenvalue weighted by molar-refractivity contribution is 0.242. The molecule has 0 aliphatic carbocycles. The lowest BCUT2D eigenvalue weighted by Crippen LogP contribution is -2.01. The molecule has 0 aliphatic rings. The number of benzene rings is 1. The third-order valence-electron chi connectivity index (χ3n) is 2.21. The summed E-state index contributed by atoms with van der Waals surface area (Å²) in [6, 6.07) is 5.38. The Bertz CT molecular complexity index is 668. The van der Waals surface area contributed by atoms with Crippen LogP contribution in [-0.4, -0.2) is 18.6 Å². The first-order chi connectivity index (χ1) is 9.46. The zero-order valence-corrected chi connectivity index (χ0v) is 11.3. The molecule has 0 unspecified atom stereocenters. The Hall–Kier alpha value is -2.16. The average molecular weight is 302 g/mol. The molecule has 9 heteroatoms. The molecule has 108 valence electrons. The highest BCUT2D eigenvalue weighted by Crippen LogP contribution is 2.20. The van der Waals surface area contributed by atoms with Gasteiger partial charge in [-0.1, -0.05) is 16.0 Å². The van der Waals surface area contributed by atoms with E-state index >= 15 is 0 Å². The zero-order chi connectivity index (χ0) is 14.6. The van der Waals surface area contributed by atoms with E-state index in [1.165, 1.54) is 24.3 Å². The van der Waals surface area contributed by atoms with Crippen LogP contribution in [0.4, 0.5) is 3.89 Å². The summed E-state index contributed by atoms with van der Waals surface area (Å²) in [4.78, 5) is 4.05. The van der Waals surface area contributed by atoms with Crippen LogP contribution in [0.25, 0.3) is 0 Å². The van der Waals surface area contributed by atoms with E-state index < -0.39 is 10.5 Å². The Morgan fingerprint density at radius 3 is 2.45 bits per heavy atom. The number of hydrogen-bond acceptors (Lipinski definition) is 7. The number of aryl methyl sites for hydroxylation is 1. The highest BCUT2D eigenvalue weighted by molar-refractivity contribution is 7.81. The SMILES string of the molecule is CCc1noc(COc2ccc(OS(=O)(=O)F)cc2)n1. The van der Waals surface area contributed by atoms with Gasteiger partial charge in [0.15, 0.2) is 12.4 Å². The molecule has 0 radical (unpaired) electrons. The molecule has 0 saturated heterocycles. The number of aromatic nitrogens is 2. The minimum Gasteiger partial charge on any atom is -0.484 e. The molecule has 7 nitrogen and oxygen atoms in total. The smallest absolute Gasteiger partial charge is 0.484 e. The second kappa shape index (κ2) is 5.87. The minimum atomic E-state index is -5.02. The molecule has 1 aromatic carbocycles. The molecule has 0 amide bonds. The van der Waals surface area contributed by atoms with Crippen molar-refractivity contribution in [3.05, 3.63) is 36.0 Å². The summed E-state index contributed by atoms with van der Waals surface area (Å²) in [6.07, 6.45) is 0.660. The Morgan fingerprint density at radius 1 is 1.25 bits per heavy atom. The van der Waals surface area contributed by atoms with E-state index in [0.717, 1.165) is 0 Å². The Labute approximate surface area is 114 Å². The molecule has 1 aromatic heterocycles. The van der Waals surface area contributed by atoms with Crippen molar-refractivity contribution in [3.63, 3.8) is 0 Å². The minimum absolute atomic E-state index is 0.0780. The average Bonchev–Trinajstić information content (AvgIpc) is 2.84. The van der Waals surface area contributed by atoms with Gasteiger partial charge in [0, 0.05) is 6.42 Å². The van der Waals surface area contributed by atoms with E-state index in [2.05, 4.69) is 14.3 Å². The van der Waals surface area contributed by atoms with Gasteiger partial charge in [0.05, 0.1) is 0 Å². The van der Waals surface area contributed by atoms with Crippen LogP contribution in [0.1, 0.15) is 18.6 Å². The predicted octanol–water partition coefficient (Wildman–Crippen LogP) is 1.80. The molecule has 2 aromatic rings. The van der Waals surface area contributed by atoms with Gasteiger partial charge in [-0.2, -0.15) is 13.4 Å². The van der Waals surface area contributed by atoms with Gasteiger partial charge >= 0.3 is 10.5 Å². The molecule has 0 N–H and O–H groups in total. The van der Waals surface area contributed by atoms with E-state index in [0.29, 0.717) is 23.9 Å². The van der Waals surface area contributed by atoms with Crippen LogP contribution in [-0.2, 0) is 23.5 Å². The summed E-state index contributed by atoms with van der Waals surface area (Å²) < 4.78 is 47.1. The van der Waals surface area contributed by atoms with E-state index in [4.69, 9.17) is 9.26 Å². The second-order valence-electron chi connectivity index (χ2n) is 3.69. The fourth-order valence-electron chi connectivity index (χ4n) is 1.34. The molecule has 0 fully saturated rings. The zero-order valence-electron chi connectivity index (χ0n) is 10.4. The molecule has 0 saturated carbocycles. The van der Waals surface area contributed by atoms with E-state index in [1.54, 1.807) is 0 Å². The maximum Gasteiger partial charge on any atom is 0.488 e. The highest BCUT2D eigenvalue weighted by atomic mass is 32.3. The summed E-state index contributed by atoms with van der Waals surface area (Å²) >= 11 is 0. The summed E-state index contributed by atoms with van der Waals surface area (Å²) in [5.41, 5.74) is 0. The van der Waals surface area contributed by atoms with Crippen molar-refractivity contribution >= 4 is 10.5 Å². The van der Waals surface area contributed by atoms with Gasteiger partial charge < -0.3 is 13.4 Å². The molecule has 0 bridgehead atoms. The largest absolute Gasteiger partial charge is 0.488 e. The van der Waals surface area contributed by atoms with Gasteiger partial charge in [0.1, 0.15) is 11.5 Å². The van der Waals surface area contributed by atoms with Crippen molar-refractivity contribution in [1.29, 1.82) is 0 Å². The van der Waals surface area contributed by atoms with Crippen molar-refractivity contribution in [1.82, 2.24) is 10.1 Å². The summed E-state index contributed by atoms with van der Waals surface area (Å²) in [5, 5.41) is 3.71. The maximum atomic E-state index is 12.3. The molecular formula is C11H11FN2O5S. The Balaban J connectivity index is 1.93. The number of nitrogens with zero attached hydrogens (tertiary/aromatic N) is 2. The van der Waals surface area contributed by atoms with Crippen LogP contribution in [0, 0.1) is 0 Å². The Kier molecular flexibility index (Phi) is 4.18. The van der Waals surface area contributed by atoms with E-state index in [-0.39, 0.29) is 12.4 Å². The van der Waals surface area contributed by atoms with Crippen LogP contribution < -0.4 is 8.92 Å². The fourth-order valence-corrected chi connectivity index (χ4v) is 1.68. The molecular weight excluding hydrogens is 291 g/mol. The van der Waals surface area contributed by atoms with E-state index in [1.807, 2.05) is 6.92 Å². The van der Waals surface area contributed by atoms with Crippen LogP contribution in [0.5, 0.6) is 11.5 Å². The van der Waals surface area contributed by atoms with Crippen molar-refractivity contribution in [2.24, 2.45) is 0 Å². The first-order valence-corrected chi connectivity index (χ1v) is 6.95. The van der Waals surface area contributed by atoms with E-state index in [9.17, 15) is 12.3 Å². The van der Waals surface area contributed by atoms with Gasteiger partial charge in [-0.25, -0.2) is 0 Å². The third kappa shape index (κ3) is 4.19. The quantitative estimate of drug-likeness (QED) is 0.751. The van der Waals surface area contributed by atoms with Crippen molar-refractivity contribution < 1.29 is 25.7 Å². The number of halogens is 1. The van der Waals surface area contributed by atoms with Crippen molar-refractivity contribution in [3.8, 4) is 11.5 Å². The van der Waals surface area contributed by atoms with Gasteiger partial charge in [-0.15, -0.1) is 0 Å². The van der Waals surface area contributed by atoms with Gasteiger partial charge in [-0.05, 0) is 24.3 Å². The lowest BCUT2D eigenvalue weighted by atomic mass is 10.3. The first-order valence-electron chi connectivity index (χ1n) is 5.64. The van der Waals surface area contributed by atoms with Crippen LogP contribution in [0.15, 0.2) is 28.8 Å². The molecule has 0 atom stereocenters. The van der Waals surface area contributed by atoms with Gasteiger partial charge in [0.2, 0.25) is 0 Å². The van der Waals surface area contributed by atoms with Crippen LogP contribution in [0.3, 0.4) is 0 Å². The first kappa shape index (κ1) is 14.3. The van der Waals surface area contributed by atoms with Gasteiger partial charge in [-0.3, -0.25) is 0 Å². The summed E-state index contributed by atoms with van der Waals surface area (Å²) in [6.45, 7) is 1.97. The second-order valence-corrected chi connectivity index (χ2v) is 4.65. The molecule has 0 aliphatic heterocycles. The summed E-state index contributed by atoms with van der Waals surface area (Å²) in [5.74, 6) is 1.18. The van der Waals surface area contributed by atoms with Crippen LogP contribution >= 0.6 is 0 Å².